The molecule has 0 saturated carbocycles. The highest BCUT2D eigenvalue weighted by atomic mass is 32.3. The fourth-order valence-electron chi connectivity index (χ4n) is 0.0745. The largest absolute Gasteiger partial charge is 0.569 e. The predicted octanol–water partition coefficient (Wildman–Crippen LogP) is -1.42. The molecule has 0 fully saturated rings. The summed E-state index contributed by atoms with van der Waals surface area (Å²) in [6.45, 7) is 0. The van der Waals surface area contributed by atoms with E-state index in [1.165, 1.54) is 13.4 Å². The monoisotopic (exact) mass is 525 g/mol. The maximum absolute atomic E-state index is 9.70. The molecule has 0 radical (unpaired) electrons. The molecular weight excluding hydrogens is 499 g/mol. The minimum absolute atomic E-state index is 0.715. The molecule has 16 nitrogen and oxygen atoms in total. The molecule has 2 unspecified atom stereocenters. The van der Waals surface area contributed by atoms with Crippen LogP contribution in [0.3, 0.4) is 0 Å². The van der Waals surface area contributed by atoms with Crippen molar-refractivity contribution in [2.45, 2.75) is 0 Å². The second-order valence-corrected chi connectivity index (χ2v) is 9.40. The lowest BCUT2D eigenvalue weighted by Crippen LogP contribution is -1.96. The molecule has 0 aromatic heterocycles. The van der Waals surface area contributed by atoms with Gasteiger partial charge in [-0.2, -0.15) is 39.9 Å². The zero-order chi connectivity index (χ0) is 24.2. The van der Waals surface area contributed by atoms with Gasteiger partial charge in [-0.25, -0.2) is 4.21 Å². The standard InChI is InChI=1S/C2H8O4P.C2H6O2S.CH4O4S.2CH4O3S/c1-5-7(3,4)6-2;1-4-5(2)3;1-5-6(2,3)4;1-5(2,3)4;1-4-5(2)3/h3-4H,1-2H3;1-2H3;1H3,(H,2,3,4);1H3,(H,2,3,4);1H3,(H,2,3)/q+1;;;;. The van der Waals surface area contributed by atoms with Gasteiger partial charge in [-0.3, -0.25) is 26.2 Å². The van der Waals surface area contributed by atoms with E-state index >= 15 is 0 Å². The van der Waals surface area contributed by atoms with Crippen molar-refractivity contribution in [3.63, 3.8) is 0 Å². The first kappa shape index (κ1) is 38.8. The Kier molecular flexibility index (Phi) is 30.4. The Balaban J connectivity index is -0.0000000793. The van der Waals surface area contributed by atoms with Crippen LogP contribution in [0.4, 0.5) is 0 Å². The lowest BCUT2D eigenvalue weighted by Gasteiger charge is -1.99. The maximum Gasteiger partial charge on any atom is 0.569 e. The Morgan fingerprint density at radius 3 is 1.00 bits per heavy atom. The molecule has 0 rings (SSSR count). The molecule has 0 saturated heterocycles. The van der Waals surface area contributed by atoms with E-state index < -0.39 is 51.1 Å². The van der Waals surface area contributed by atoms with E-state index in [-0.39, 0.29) is 0 Å². The number of rotatable bonds is 5. The zero-order valence-corrected chi connectivity index (χ0v) is 20.0. The normalized spacial score (nSPS) is 12.9. The van der Waals surface area contributed by atoms with Crippen molar-refractivity contribution >= 4 is 51.1 Å². The van der Waals surface area contributed by atoms with Crippen LogP contribution in [-0.2, 0) is 64.6 Å². The second-order valence-electron chi connectivity index (χ2n) is 3.13. The molecule has 0 aliphatic heterocycles. The van der Waals surface area contributed by atoms with Crippen molar-refractivity contribution in [2.24, 2.45) is 0 Å². The topological polar surface area (TPSA) is 250 Å². The van der Waals surface area contributed by atoms with Gasteiger partial charge in [-0.15, -0.1) is 0 Å². The molecule has 0 aliphatic carbocycles. The van der Waals surface area contributed by atoms with E-state index in [4.69, 9.17) is 23.4 Å². The third-order valence-electron chi connectivity index (χ3n) is 1.06. The average Bonchev–Trinajstić information content (AvgIpc) is 2.54. The lowest BCUT2D eigenvalue weighted by molar-refractivity contribution is 0.165. The summed E-state index contributed by atoms with van der Waals surface area (Å²) >= 11 is -3.15. The van der Waals surface area contributed by atoms with Crippen LogP contribution in [0.5, 0.6) is 0 Å². The summed E-state index contributed by atoms with van der Waals surface area (Å²) < 4.78 is 98.3. The summed E-state index contributed by atoms with van der Waals surface area (Å²) in [5, 5.41) is 0. The molecule has 0 heterocycles. The highest BCUT2D eigenvalue weighted by Gasteiger charge is 2.34. The van der Waals surface area contributed by atoms with E-state index in [9.17, 15) is 25.3 Å². The van der Waals surface area contributed by atoms with Gasteiger partial charge in [0, 0.05) is 6.26 Å². The molecule has 0 spiro atoms. The van der Waals surface area contributed by atoms with E-state index in [2.05, 4.69) is 21.6 Å². The van der Waals surface area contributed by atoms with Crippen molar-refractivity contribution in [1.82, 2.24) is 0 Å². The van der Waals surface area contributed by atoms with Gasteiger partial charge in [0.05, 0.1) is 41.8 Å². The second kappa shape index (κ2) is 21.9. The van der Waals surface area contributed by atoms with Crippen LogP contribution in [-0.4, -0.2) is 96.8 Å². The van der Waals surface area contributed by atoms with Crippen molar-refractivity contribution in [3.05, 3.63) is 0 Å². The van der Waals surface area contributed by atoms with E-state index in [0.29, 0.717) is 6.26 Å². The summed E-state index contributed by atoms with van der Waals surface area (Å²) in [7, 11) is -5.49. The Morgan fingerprint density at radius 1 is 0.821 bits per heavy atom. The predicted molar refractivity (Wildman–Crippen MR) is 100 cm³/mol. The Morgan fingerprint density at radius 2 is 1.00 bits per heavy atom. The third kappa shape index (κ3) is 95.4. The summed E-state index contributed by atoms with van der Waals surface area (Å²) in [6.07, 6.45) is 2.19. The van der Waals surface area contributed by atoms with Gasteiger partial charge in [0.15, 0.2) is 11.1 Å². The molecule has 178 valence electrons. The Hall–Kier alpha value is 0.230. The van der Waals surface area contributed by atoms with Crippen molar-refractivity contribution in [1.29, 1.82) is 0 Å². The third-order valence-corrected chi connectivity index (χ3v) is 3.19. The van der Waals surface area contributed by atoms with Gasteiger partial charge in [-0.1, -0.05) is 0 Å². The van der Waals surface area contributed by atoms with Crippen LogP contribution in [0.2, 0.25) is 0 Å². The van der Waals surface area contributed by atoms with Crippen LogP contribution in [0, 0.1) is 0 Å². The molecule has 28 heavy (non-hydrogen) atoms. The minimum Gasteiger partial charge on any atom is -0.294 e. The molecule has 0 aromatic rings. The fraction of sp³-hybridized carbons (Fsp3) is 1.00. The van der Waals surface area contributed by atoms with Crippen LogP contribution in [0.15, 0.2) is 0 Å². The fourth-order valence-corrected chi connectivity index (χ4v) is 0.224. The lowest BCUT2D eigenvalue weighted by atomic mass is 11.8. The van der Waals surface area contributed by atoms with Gasteiger partial charge < -0.3 is 0 Å². The Bertz CT molecular complexity index is 558. The first-order chi connectivity index (χ1) is 12.2. The van der Waals surface area contributed by atoms with Crippen LogP contribution < -0.4 is 0 Å². The van der Waals surface area contributed by atoms with Gasteiger partial charge in [0.1, 0.15) is 0 Å². The SMILES string of the molecule is COS(=O)(=O)O.COS(=O)O.COS(C)=O.CO[P+](O)(O)OC.CS(=O)(=O)O. The van der Waals surface area contributed by atoms with Gasteiger partial charge in [0.2, 0.25) is 0 Å². The van der Waals surface area contributed by atoms with E-state index in [1.807, 2.05) is 0 Å². The molecule has 2 atom stereocenters. The first-order valence-electron chi connectivity index (χ1n) is 5.67. The molecule has 0 amide bonds. The highest BCUT2D eigenvalue weighted by Crippen LogP contribution is 2.50. The maximum atomic E-state index is 9.70. The first-order valence-corrected chi connectivity index (χ1v) is 12.9. The van der Waals surface area contributed by atoms with Crippen molar-refractivity contribution in [3.8, 4) is 0 Å². The number of hydrogen-bond acceptors (Lipinski definition) is 13. The quantitative estimate of drug-likeness (QED) is 0.157. The summed E-state index contributed by atoms with van der Waals surface area (Å²) in [4.78, 5) is 16.7. The summed E-state index contributed by atoms with van der Waals surface area (Å²) in [6, 6.07) is 0. The Labute approximate surface area is 169 Å². The van der Waals surface area contributed by atoms with Gasteiger partial charge >= 0.3 is 29.9 Å². The molecule has 0 aliphatic rings. The number of hydrogen-bond donors (Lipinski definition) is 5. The van der Waals surface area contributed by atoms with E-state index in [0.717, 1.165) is 28.4 Å². The highest BCUT2D eigenvalue weighted by molar-refractivity contribution is 7.85. The summed E-state index contributed by atoms with van der Waals surface area (Å²) in [5.74, 6) is 0. The van der Waals surface area contributed by atoms with Gasteiger partial charge in [0.25, 0.3) is 10.1 Å². The molecule has 0 aromatic carbocycles. The van der Waals surface area contributed by atoms with Crippen LogP contribution >= 0.6 is 8.17 Å². The van der Waals surface area contributed by atoms with Crippen molar-refractivity contribution in [2.75, 3.05) is 48.1 Å². The van der Waals surface area contributed by atoms with E-state index in [1.54, 1.807) is 0 Å². The van der Waals surface area contributed by atoms with Gasteiger partial charge in [-0.05, 0) is 0 Å². The molecular formula is C7H26O16PS4+. The zero-order valence-electron chi connectivity index (χ0n) is 15.8. The smallest absolute Gasteiger partial charge is 0.294 e. The van der Waals surface area contributed by atoms with Crippen LogP contribution in [0.1, 0.15) is 0 Å². The average molecular weight is 526 g/mol. The molecule has 21 heteroatoms. The van der Waals surface area contributed by atoms with Crippen LogP contribution in [0.25, 0.3) is 0 Å². The summed E-state index contributed by atoms with van der Waals surface area (Å²) in [5.41, 5.74) is 0. The van der Waals surface area contributed by atoms with Crippen molar-refractivity contribution < 1.29 is 70.3 Å². The molecule has 5 N–H and O–H groups in total. The minimum atomic E-state index is -4.16. The molecule has 0 bridgehead atoms.